The molecule has 0 aliphatic carbocycles. The third kappa shape index (κ3) is 4.03. The lowest BCUT2D eigenvalue weighted by Gasteiger charge is -2.09. The third-order valence-electron chi connectivity index (χ3n) is 3.98. The summed E-state index contributed by atoms with van der Waals surface area (Å²) in [6, 6.07) is 13.7. The van der Waals surface area contributed by atoms with Crippen molar-refractivity contribution in [3.63, 3.8) is 0 Å². The summed E-state index contributed by atoms with van der Waals surface area (Å²) in [4.78, 5) is 24.5. The summed E-state index contributed by atoms with van der Waals surface area (Å²) in [6.07, 6.45) is 2.15. The van der Waals surface area contributed by atoms with E-state index in [-0.39, 0.29) is 11.5 Å². The minimum absolute atomic E-state index is 0.210. The lowest BCUT2D eigenvalue weighted by Crippen LogP contribution is -2.27. The molecule has 0 bridgehead atoms. The lowest BCUT2D eigenvalue weighted by atomic mass is 10.2. The fraction of sp³-hybridized carbons (Fsp3) is 0.200. The number of amides is 1. The second-order valence-corrected chi connectivity index (χ2v) is 5.84. The van der Waals surface area contributed by atoms with Gasteiger partial charge in [-0.3, -0.25) is 14.2 Å². The highest BCUT2D eigenvalue weighted by atomic mass is 16.5. The van der Waals surface area contributed by atoms with Crippen molar-refractivity contribution in [2.75, 3.05) is 13.7 Å². The maximum Gasteiger partial charge on any atom is 0.255 e. The van der Waals surface area contributed by atoms with Crippen LogP contribution in [0.4, 0.5) is 0 Å². The molecule has 2 heterocycles. The van der Waals surface area contributed by atoms with Gasteiger partial charge in [0.25, 0.3) is 11.5 Å². The molecule has 0 spiro atoms. The van der Waals surface area contributed by atoms with Crippen LogP contribution in [0.3, 0.4) is 0 Å². The van der Waals surface area contributed by atoms with E-state index >= 15 is 0 Å². The average Bonchev–Trinajstić information content (AvgIpc) is 3.07. The number of benzene rings is 1. The van der Waals surface area contributed by atoms with E-state index in [1.165, 1.54) is 22.9 Å². The second kappa shape index (κ2) is 7.74. The Labute approximate surface area is 151 Å². The molecule has 0 saturated heterocycles. The van der Waals surface area contributed by atoms with Crippen molar-refractivity contribution >= 4 is 5.91 Å². The lowest BCUT2D eigenvalue weighted by molar-refractivity contribution is 0.0953. The largest absolute Gasteiger partial charge is 0.497 e. The van der Waals surface area contributed by atoms with E-state index in [0.717, 1.165) is 11.5 Å². The molecule has 0 radical (unpaired) electrons. The number of ether oxygens (including phenoxy) is 1. The van der Waals surface area contributed by atoms with Crippen molar-refractivity contribution in [3.05, 3.63) is 82.2 Å². The molecule has 3 rings (SSSR count). The molecule has 0 atom stereocenters. The van der Waals surface area contributed by atoms with Gasteiger partial charge in [0.05, 0.1) is 12.7 Å². The number of aryl methyl sites for hydroxylation is 1. The van der Waals surface area contributed by atoms with Gasteiger partial charge in [-0.25, -0.2) is 0 Å². The van der Waals surface area contributed by atoms with Gasteiger partial charge in [0.1, 0.15) is 17.3 Å². The monoisotopic (exact) mass is 352 g/mol. The molecule has 1 aromatic carbocycles. The molecule has 134 valence electrons. The first-order valence-corrected chi connectivity index (χ1v) is 8.27. The number of carbonyl (C=O) groups is 1. The molecule has 1 N–H and O–H groups in total. The van der Waals surface area contributed by atoms with Crippen LogP contribution in [0.2, 0.25) is 0 Å². The number of rotatable bonds is 6. The van der Waals surface area contributed by atoms with Gasteiger partial charge in [-0.05, 0) is 49.4 Å². The average molecular weight is 352 g/mol. The number of hydrogen-bond acceptors (Lipinski definition) is 4. The minimum Gasteiger partial charge on any atom is -0.497 e. The molecule has 0 aliphatic heterocycles. The molecule has 6 nitrogen and oxygen atoms in total. The van der Waals surface area contributed by atoms with E-state index in [0.29, 0.717) is 30.0 Å². The number of carbonyl (C=O) groups excluding carboxylic acids is 1. The van der Waals surface area contributed by atoms with Crippen molar-refractivity contribution in [3.8, 4) is 11.4 Å². The molecular weight excluding hydrogens is 332 g/mol. The molecule has 0 aliphatic rings. The maximum atomic E-state index is 12.4. The number of nitrogens with zero attached hydrogens (tertiary/aromatic N) is 1. The van der Waals surface area contributed by atoms with E-state index in [9.17, 15) is 9.59 Å². The van der Waals surface area contributed by atoms with Gasteiger partial charge < -0.3 is 14.5 Å². The van der Waals surface area contributed by atoms with Gasteiger partial charge >= 0.3 is 0 Å². The van der Waals surface area contributed by atoms with Gasteiger partial charge in [-0.2, -0.15) is 0 Å². The molecular formula is C20H20N2O4. The quantitative estimate of drug-likeness (QED) is 0.740. The zero-order chi connectivity index (χ0) is 18.5. The number of pyridine rings is 1. The first-order chi connectivity index (χ1) is 12.6. The Kier molecular flexibility index (Phi) is 5.22. The SMILES string of the molecule is COc1ccc(-n2cc(C(=O)NCCc3ccc(C)o3)ccc2=O)cc1. The van der Waals surface area contributed by atoms with Crippen LogP contribution in [0.1, 0.15) is 21.9 Å². The number of aromatic nitrogens is 1. The zero-order valence-electron chi connectivity index (χ0n) is 14.7. The summed E-state index contributed by atoms with van der Waals surface area (Å²) >= 11 is 0. The van der Waals surface area contributed by atoms with E-state index in [1.807, 2.05) is 19.1 Å². The van der Waals surface area contributed by atoms with Crippen LogP contribution in [-0.4, -0.2) is 24.1 Å². The predicted molar refractivity (Wildman–Crippen MR) is 98.1 cm³/mol. The topological polar surface area (TPSA) is 73.5 Å². The second-order valence-electron chi connectivity index (χ2n) is 5.84. The number of furan rings is 1. The summed E-state index contributed by atoms with van der Waals surface area (Å²) in [7, 11) is 1.58. The molecule has 0 unspecified atom stereocenters. The smallest absolute Gasteiger partial charge is 0.255 e. The first kappa shape index (κ1) is 17.5. The maximum absolute atomic E-state index is 12.4. The molecule has 6 heteroatoms. The number of nitrogens with one attached hydrogen (secondary N) is 1. The summed E-state index contributed by atoms with van der Waals surface area (Å²) < 4.78 is 12.0. The van der Waals surface area contributed by atoms with E-state index in [4.69, 9.17) is 9.15 Å². The predicted octanol–water partition coefficient (Wildman–Crippen LogP) is 2.72. The molecule has 2 aromatic heterocycles. The van der Waals surface area contributed by atoms with Crippen LogP contribution in [0.5, 0.6) is 5.75 Å². The van der Waals surface area contributed by atoms with E-state index < -0.39 is 0 Å². The highest BCUT2D eigenvalue weighted by Crippen LogP contribution is 2.14. The van der Waals surface area contributed by atoms with Crippen LogP contribution in [0.25, 0.3) is 5.69 Å². The molecule has 3 aromatic rings. The van der Waals surface area contributed by atoms with E-state index in [1.54, 1.807) is 31.4 Å². The molecule has 26 heavy (non-hydrogen) atoms. The fourth-order valence-electron chi connectivity index (χ4n) is 2.59. The van der Waals surface area contributed by atoms with Crippen molar-refractivity contribution in [2.45, 2.75) is 13.3 Å². The number of methoxy groups -OCH3 is 1. The Morgan fingerprint density at radius 1 is 1.12 bits per heavy atom. The minimum atomic E-state index is -0.240. The van der Waals surface area contributed by atoms with Gasteiger partial charge in [-0.1, -0.05) is 0 Å². The van der Waals surface area contributed by atoms with Gasteiger partial charge in [0.2, 0.25) is 0 Å². The summed E-state index contributed by atoms with van der Waals surface area (Å²) in [5.41, 5.74) is 0.866. The highest BCUT2D eigenvalue weighted by molar-refractivity contribution is 5.93. The van der Waals surface area contributed by atoms with Crippen LogP contribution in [-0.2, 0) is 6.42 Å². The summed E-state index contributed by atoms with van der Waals surface area (Å²) in [6.45, 7) is 2.33. The Hall–Kier alpha value is -3.28. The summed E-state index contributed by atoms with van der Waals surface area (Å²) in [5, 5.41) is 2.84. The summed E-state index contributed by atoms with van der Waals surface area (Å²) in [5.74, 6) is 2.13. The Balaban J connectivity index is 1.71. The number of hydrogen-bond donors (Lipinski definition) is 1. The van der Waals surface area contributed by atoms with E-state index in [2.05, 4.69) is 5.32 Å². The Morgan fingerprint density at radius 3 is 2.54 bits per heavy atom. The van der Waals surface area contributed by atoms with Crippen molar-refractivity contribution in [1.82, 2.24) is 9.88 Å². The Bertz CT molecular complexity index is 954. The molecule has 0 saturated carbocycles. The normalized spacial score (nSPS) is 10.5. The third-order valence-corrected chi connectivity index (χ3v) is 3.98. The van der Waals surface area contributed by atoms with Crippen LogP contribution in [0, 0.1) is 6.92 Å². The van der Waals surface area contributed by atoms with Gasteiger partial charge in [-0.15, -0.1) is 0 Å². The highest BCUT2D eigenvalue weighted by Gasteiger charge is 2.09. The first-order valence-electron chi connectivity index (χ1n) is 8.27. The zero-order valence-corrected chi connectivity index (χ0v) is 14.7. The van der Waals surface area contributed by atoms with Crippen molar-refractivity contribution in [1.29, 1.82) is 0 Å². The van der Waals surface area contributed by atoms with Crippen molar-refractivity contribution in [2.24, 2.45) is 0 Å². The van der Waals surface area contributed by atoms with Crippen LogP contribution >= 0.6 is 0 Å². The van der Waals surface area contributed by atoms with Gasteiger partial charge in [0.15, 0.2) is 0 Å². The molecule has 0 fully saturated rings. The molecule has 1 amide bonds. The van der Waals surface area contributed by atoms with Gasteiger partial charge in [0, 0.05) is 30.9 Å². The fourth-order valence-corrected chi connectivity index (χ4v) is 2.59. The van der Waals surface area contributed by atoms with Crippen LogP contribution in [0.15, 0.2) is 63.9 Å². The Morgan fingerprint density at radius 2 is 1.88 bits per heavy atom. The standard InChI is InChI=1S/C20H20N2O4/c1-14-3-7-18(26-14)11-12-21-20(24)15-4-10-19(23)22(13-15)16-5-8-17(25-2)9-6-16/h3-10,13H,11-12H2,1-2H3,(H,21,24). The van der Waals surface area contributed by atoms with Crippen molar-refractivity contribution < 1.29 is 13.9 Å². The van der Waals surface area contributed by atoms with Crippen LogP contribution < -0.4 is 15.6 Å².